The van der Waals surface area contributed by atoms with E-state index in [2.05, 4.69) is 5.32 Å². The van der Waals surface area contributed by atoms with E-state index in [0.29, 0.717) is 17.3 Å². The predicted octanol–water partition coefficient (Wildman–Crippen LogP) is 4.51. The number of halogens is 2. The summed E-state index contributed by atoms with van der Waals surface area (Å²) in [5.74, 6) is -0.0756. The number of carbonyl (C=O) groups is 2. The molecule has 2 aromatic carbocycles. The van der Waals surface area contributed by atoms with Gasteiger partial charge in [-0.1, -0.05) is 23.7 Å². The van der Waals surface area contributed by atoms with Gasteiger partial charge in [0, 0.05) is 35.2 Å². The van der Waals surface area contributed by atoms with Crippen molar-refractivity contribution in [2.45, 2.75) is 37.8 Å². The van der Waals surface area contributed by atoms with Crippen molar-refractivity contribution >= 4 is 35.2 Å². The van der Waals surface area contributed by atoms with E-state index in [1.54, 1.807) is 35.7 Å². The molecule has 4 nitrogen and oxygen atoms in total. The second kappa shape index (κ2) is 11.1. The number of rotatable bonds is 9. The molecule has 0 aliphatic rings. The Labute approximate surface area is 174 Å². The van der Waals surface area contributed by atoms with Crippen molar-refractivity contribution in [2.24, 2.45) is 0 Å². The zero-order valence-corrected chi connectivity index (χ0v) is 17.5. The van der Waals surface area contributed by atoms with Gasteiger partial charge in [-0.05, 0) is 55.8 Å². The summed E-state index contributed by atoms with van der Waals surface area (Å²) in [6, 6.07) is 12.8. The molecule has 1 N–H and O–H groups in total. The first kappa shape index (κ1) is 22.2. The highest BCUT2D eigenvalue weighted by Gasteiger charge is 2.25. The van der Waals surface area contributed by atoms with Crippen LogP contribution in [0, 0.1) is 5.82 Å². The fraction of sp³-hybridized carbons (Fsp3) is 0.333. The van der Waals surface area contributed by atoms with E-state index in [1.165, 1.54) is 12.1 Å². The summed E-state index contributed by atoms with van der Waals surface area (Å²) >= 11 is 7.44. The number of benzene rings is 2. The molecule has 7 heteroatoms. The lowest BCUT2D eigenvalue weighted by Crippen LogP contribution is -2.47. The minimum Gasteiger partial charge on any atom is -0.355 e. The molecular weight excluding hydrogens is 399 g/mol. The van der Waals surface area contributed by atoms with Gasteiger partial charge in [-0.2, -0.15) is 0 Å². The van der Waals surface area contributed by atoms with Crippen LogP contribution in [0.1, 0.15) is 25.8 Å². The lowest BCUT2D eigenvalue weighted by atomic mass is 10.1. The fourth-order valence-corrected chi connectivity index (χ4v) is 3.59. The summed E-state index contributed by atoms with van der Waals surface area (Å²) in [5, 5.41) is 3.42. The highest BCUT2D eigenvalue weighted by molar-refractivity contribution is 7.99. The molecule has 2 aromatic rings. The molecule has 0 heterocycles. The minimum absolute atomic E-state index is 0.121. The molecule has 0 spiro atoms. The third-order valence-corrected chi connectivity index (χ3v) is 5.45. The number of amides is 2. The molecule has 0 bridgehead atoms. The molecule has 0 fully saturated rings. The standard InChI is InChI=1S/C21H24ClFN2O2S/c1-3-24-21(27)15(2)25(14-16-4-8-18(23)9-5-16)20(26)12-13-28-19-10-6-17(22)7-11-19/h4-11,15H,3,12-14H2,1-2H3,(H,24,27)/t15-/m1/s1. The van der Waals surface area contributed by atoms with Crippen LogP contribution in [0.3, 0.4) is 0 Å². The second-order valence-electron chi connectivity index (χ2n) is 6.27. The van der Waals surface area contributed by atoms with Gasteiger partial charge in [0.2, 0.25) is 11.8 Å². The van der Waals surface area contributed by atoms with Crippen LogP contribution in [-0.4, -0.2) is 35.1 Å². The summed E-state index contributed by atoms with van der Waals surface area (Å²) in [4.78, 5) is 27.7. The van der Waals surface area contributed by atoms with Crippen molar-refractivity contribution in [2.75, 3.05) is 12.3 Å². The number of hydrogen-bond acceptors (Lipinski definition) is 3. The Balaban J connectivity index is 2.03. The van der Waals surface area contributed by atoms with Crippen molar-refractivity contribution in [1.29, 1.82) is 0 Å². The van der Waals surface area contributed by atoms with Gasteiger partial charge >= 0.3 is 0 Å². The highest BCUT2D eigenvalue weighted by Crippen LogP contribution is 2.22. The lowest BCUT2D eigenvalue weighted by molar-refractivity contribution is -0.140. The number of hydrogen-bond donors (Lipinski definition) is 1. The van der Waals surface area contributed by atoms with E-state index in [9.17, 15) is 14.0 Å². The van der Waals surface area contributed by atoms with Gasteiger partial charge in [-0.3, -0.25) is 9.59 Å². The third kappa shape index (κ3) is 6.84. The molecule has 2 rings (SSSR count). The smallest absolute Gasteiger partial charge is 0.242 e. The van der Waals surface area contributed by atoms with Crippen molar-refractivity contribution < 1.29 is 14.0 Å². The van der Waals surface area contributed by atoms with Gasteiger partial charge in [0.15, 0.2) is 0 Å². The number of likely N-dealkylation sites (N-methyl/N-ethyl adjacent to an activating group) is 1. The van der Waals surface area contributed by atoms with Gasteiger partial charge < -0.3 is 10.2 Å². The Morgan fingerprint density at radius 1 is 1.14 bits per heavy atom. The summed E-state index contributed by atoms with van der Waals surface area (Å²) in [6.45, 7) is 4.29. The quantitative estimate of drug-likeness (QED) is 0.604. The zero-order valence-electron chi connectivity index (χ0n) is 16.0. The van der Waals surface area contributed by atoms with Crippen LogP contribution in [0.5, 0.6) is 0 Å². The Kier molecular flexibility index (Phi) is 8.80. The Morgan fingerprint density at radius 3 is 2.39 bits per heavy atom. The zero-order chi connectivity index (χ0) is 20.5. The van der Waals surface area contributed by atoms with Gasteiger partial charge in [0.25, 0.3) is 0 Å². The van der Waals surface area contributed by atoms with Gasteiger partial charge in [0.1, 0.15) is 11.9 Å². The van der Waals surface area contributed by atoms with E-state index in [0.717, 1.165) is 10.5 Å². The molecular formula is C21H24ClFN2O2S. The van der Waals surface area contributed by atoms with E-state index in [4.69, 9.17) is 11.6 Å². The minimum atomic E-state index is -0.613. The maximum Gasteiger partial charge on any atom is 0.242 e. The molecule has 28 heavy (non-hydrogen) atoms. The van der Waals surface area contributed by atoms with Crippen molar-refractivity contribution in [3.63, 3.8) is 0 Å². The van der Waals surface area contributed by atoms with Crippen LogP contribution in [-0.2, 0) is 16.1 Å². The Bertz CT molecular complexity index is 784. The summed E-state index contributed by atoms with van der Waals surface area (Å²) in [5.41, 5.74) is 0.774. The fourth-order valence-electron chi connectivity index (χ4n) is 2.62. The molecule has 0 saturated heterocycles. The van der Waals surface area contributed by atoms with E-state index in [-0.39, 0.29) is 30.6 Å². The average molecular weight is 423 g/mol. The first-order valence-electron chi connectivity index (χ1n) is 9.10. The van der Waals surface area contributed by atoms with E-state index in [1.807, 2.05) is 31.2 Å². The van der Waals surface area contributed by atoms with Crippen molar-refractivity contribution in [1.82, 2.24) is 10.2 Å². The van der Waals surface area contributed by atoms with Crippen LogP contribution in [0.4, 0.5) is 4.39 Å². The van der Waals surface area contributed by atoms with Crippen molar-refractivity contribution in [3.8, 4) is 0 Å². The van der Waals surface area contributed by atoms with Gasteiger partial charge in [-0.25, -0.2) is 4.39 Å². The number of carbonyl (C=O) groups excluding carboxylic acids is 2. The molecule has 0 unspecified atom stereocenters. The van der Waals surface area contributed by atoms with Gasteiger partial charge in [-0.15, -0.1) is 11.8 Å². The van der Waals surface area contributed by atoms with Crippen LogP contribution in [0.2, 0.25) is 5.02 Å². The first-order chi connectivity index (χ1) is 13.4. The molecule has 2 amide bonds. The van der Waals surface area contributed by atoms with Crippen LogP contribution < -0.4 is 5.32 Å². The summed E-state index contributed by atoms with van der Waals surface area (Å²) < 4.78 is 13.2. The monoisotopic (exact) mass is 422 g/mol. The molecule has 0 aliphatic heterocycles. The second-order valence-corrected chi connectivity index (χ2v) is 7.88. The Morgan fingerprint density at radius 2 is 1.79 bits per heavy atom. The van der Waals surface area contributed by atoms with Gasteiger partial charge in [0.05, 0.1) is 0 Å². The number of thioether (sulfide) groups is 1. The highest BCUT2D eigenvalue weighted by atomic mass is 35.5. The third-order valence-electron chi connectivity index (χ3n) is 4.18. The number of nitrogens with zero attached hydrogens (tertiary/aromatic N) is 1. The molecule has 0 radical (unpaired) electrons. The van der Waals surface area contributed by atoms with Crippen LogP contribution in [0.15, 0.2) is 53.4 Å². The molecule has 1 atom stereocenters. The number of nitrogens with one attached hydrogen (secondary N) is 1. The van der Waals surface area contributed by atoms with Crippen LogP contribution in [0.25, 0.3) is 0 Å². The van der Waals surface area contributed by atoms with Crippen LogP contribution >= 0.6 is 23.4 Å². The van der Waals surface area contributed by atoms with Crippen molar-refractivity contribution in [3.05, 3.63) is 64.9 Å². The lowest BCUT2D eigenvalue weighted by Gasteiger charge is -2.28. The summed E-state index contributed by atoms with van der Waals surface area (Å²) in [6.07, 6.45) is 0.290. The summed E-state index contributed by atoms with van der Waals surface area (Å²) in [7, 11) is 0. The SMILES string of the molecule is CCNC(=O)[C@@H](C)N(Cc1ccc(F)cc1)C(=O)CCSc1ccc(Cl)cc1. The first-order valence-corrected chi connectivity index (χ1v) is 10.5. The molecule has 150 valence electrons. The normalized spacial score (nSPS) is 11.7. The molecule has 0 aromatic heterocycles. The van der Waals surface area contributed by atoms with E-state index < -0.39 is 6.04 Å². The topological polar surface area (TPSA) is 49.4 Å². The molecule has 0 aliphatic carbocycles. The van der Waals surface area contributed by atoms with E-state index >= 15 is 0 Å². The Hall–Kier alpha value is -2.05. The maximum atomic E-state index is 13.2. The maximum absolute atomic E-state index is 13.2. The average Bonchev–Trinajstić information content (AvgIpc) is 2.68. The predicted molar refractivity (Wildman–Crippen MR) is 112 cm³/mol. The molecule has 0 saturated carbocycles. The largest absolute Gasteiger partial charge is 0.355 e.